The standard InChI is InChI=1S/C26H41N3O3/c1-8-14-31-24-12-10-22(16-25(24)32-15-9-2)19(5)27-26(30)13-11-23-20(6)28-29(21(23)7)17-18(3)4/h10,12,16,18-19H,8-9,11,13-15,17H2,1-7H3,(H,27,30). The summed E-state index contributed by atoms with van der Waals surface area (Å²) in [6.45, 7) is 16.8. The molecule has 0 saturated heterocycles. The van der Waals surface area contributed by atoms with Gasteiger partial charge < -0.3 is 14.8 Å². The predicted molar refractivity (Wildman–Crippen MR) is 129 cm³/mol. The van der Waals surface area contributed by atoms with Crippen molar-refractivity contribution in [2.24, 2.45) is 5.92 Å². The molecule has 0 fully saturated rings. The van der Waals surface area contributed by atoms with Gasteiger partial charge in [0.2, 0.25) is 5.91 Å². The first-order valence-corrected chi connectivity index (χ1v) is 12.0. The summed E-state index contributed by atoms with van der Waals surface area (Å²) in [5.41, 5.74) is 4.37. The van der Waals surface area contributed by atoms with E-state index in [1.54, 1.807) is 0 Å². The number of aromatic nitrogens is 2. The normalized spacial score (nSPS) is 12.1. The summed E-state index contributed by atoms with van der Waals surface area (Å²) in [6, 6.07) is 5.81. The van der Waals surface area contributed by atoms with Crippen LogP contribution in [0.4, 0.5) is 0 Å². The average molecular weight is 444 g/mol. The average Bonchev–Trinajstić information content (AvgIpc) is 3.01. The Morgan fingerprint density at radius 1 is 1.06 bits per heavy atom. The summed E-state index contributed by atoms with van der Waals surface area (Å²) in [4.78, 5) is 12.7. The van der Waals surface area contributed by atoms with E-state index in [0.717, 1.165) is 47.8 Å². The smallest absolute Gasteiger partial charge is 0.220 e. The van der Waals surface area contributed by atoms with E-state index in [1.165, 1.54) is 5.56 Å². The number of ether oxygens (including phenoxy) is 2. The first-order valence-electron chi connectivity index (χ1n) is 12.0. The first kappa shape index (κ1) is 25.8. The van der Waals surface area contributed by atoms with E-state index in [9.17, 15) is 4.79 Å². The number of rotatable bonds is 13. The monoisotopic (exact) mass is 443 g/mol. The topological polar surface area (TPSA) is 65.4 Å². The first-order chi connectivity index (χ1) is 15.3. The van der Waals surface area contributed by atoms with E-state index < -0.39 is 0 Å². The number of hydrogen-bond acceptors (Lipinski definition) is 4. The molecule has 2 aromatic rings. The number of nitrogens with zero attached hydrogens (tertiary/aromatic N) is 2. The third-order valence-corrected chi connectivity index (χ3v) is 5.44. The Labute approximate surface area is 193 Å². The highest BCUT2D eigenvalue weighted by Gasteiger charge is 2.16. The molecule has 1 aromatic heterocycles. The second-order valence-electron chi connectivity index (χ2n) is 8.92. The summed E-state index contributed by atoms with van der Waals surface area (Å²) >= 11 is 0. The highest BCUT2D eigenvalue weighted by Crippen LogP contribution is 2.31. The Morgan fingerprint density at radius 2 is 1.72 bits per heavy atom. The van der Waals surface area contributed by atoms with Gasteiger partial charge in [-0.25, -0.2) is 0 Å². The van der Waals surface area contributed by atoms with Gasteiger partial charge in [0.05, 0.1) is 24.9 Å². The zero-order valence-corrected chi connectivity index (χ0v) is 21.0. The van der Waals surface area contributed by atoms with E-state index in [-0.39, 0.29) is 11.9 Å². The van der Waals surface area contributed by atoms with Gasteiger partial charge in [0.1, 0.15) is 0 Å². The molecule has 0 aliphatic carbocycles. The van der Waals surface area contributed by atoms with Crippen molar-refractivity contribution in [3.63, 3.8) is 0 Å². The van der Waals surface area contributed by atoms with Gasteiger partial charge in [-0.1, -0.05) is 33.8 Å². The molecule has 0 saturated carbocycles. The Morgan fingerprint density at radius 3 is 2.34 bits per heavy atom. The van der Waals surface area contributed by atoms with Crippen LogP contribution in [-0.4, -0.2) is 28.9 Å². The molecule has 1 amide bonds. The molecule has 6 heteroatoms. The van der Waals surface area contributed by atoms with Crippen LogP contribution in [0.1, 0.15) is 82.4 Å². The minimum absolute atomic E-state index is 0.0373. The SMILES string of the molecule is CCCOc1ccc(C(C)NC(=O)CCc2c(C)nn(CC(C)C)c2C)cc1OCCC. The van der Waals surface area contributed by atoms with E-state index in [1.807, 2.05) is 32.0 Å². The van der Waals surface area contributed by atoms with Crippen molar-refractivity contribution in [2.75, 3.05) is 13.2 Å². The minimum Gasteiger partial charge on any atom is -0.490 e. The van der Waals surface area contributed by atoms with Crippen molar-refractivity contribution in [3.05, 3.63) is 40.7 Å². The number of carbonyl (C=O) groups is 1. The van der Waals surface area contributed by atoms with Gasteiger partial charge in [0.15, 0.2) is 11.5 Å². The molecule has 1 atom stereocenters. The fourth-order valence-corrected chi connectivity index (χ4v) is 3.71. The van der Waals surface area contributed by atoms with E-state index >= 15 is 0 Å². The van der Waals surface area contributed by atoms with Crippen molar-refractivity contribution in [3.8, 4) is 11.5 Å². The van der Waals surface area contributed by atoms with Crippen LogP contribution in [0, 0.1) is 19.8 Å². The summed E-state index contributed by atoms with van der Waals surface area (Å²) < 4.78 is 13.8. The highest BCUT2D eigenvalue weighted by molar-refractivity contribution is 5.76. The van der Waals surface area contributed by atoms with E-state index in [0.29, 0.717) is 32.0 Å². The summed E-state index contributed by atoms with van der Waals surface area (Å²) in [6.07, 6.45) is 3.01. The third kappa shape index (κ3) is 7.28. The zero-order chi connectivity index (χ0) is 23.7. The van der Waals surface area contributed by atoms with Gasteiger partial charge in [0, 0.05) is 18.7 Å². The molecule has 0 aliphatic rings. The van der Waals surface area contributed by atoms with Crippen LogP contribution in [0.5, 0.6) is 11.5 Å². The minimum atomic E-state index is -0.113. The second-order valence-corrected chi connectivity index (χ2v) is 8.92. The van der Waals surface area contributed by atoms with Gasteiger partial charge in [-0.15, -0.1) is 0 Å². The second kappa shape index (κ2) is 12.5. The number of carbonyl (C=O) groups excluding carboxylic acids is 1. The molecular weight excluding hydrogens is 402 g/mol. The molecule has 2 rings (SSSR count). The molecule has 6 nitrogen and oxygen atoms in total. The zero-order valence-electron chi connectivity index (χ0n) is 21.0. The van der Waals surface area contributed by atoms with Crippen LogP contribution in [-0.2, 0) is 17.8 Å². The summed E-state index contributed by atoms with van der Waals surface area (Å²) in [5, 5.41) is 7.79. The van der Waals surface area contributed by atoms with Gasteiger partial charge in [-0.05, 0) is 69.2 Å². The fraction of sp³-hybridized carbons (Fsp3) is 0.615. The molecular formula is C26H41N3O3. The molecule has 0 aliphatic heterocycles. The molecule has 1 aromatic carbocycles. The summed E-state index contributed by atoms with van der Waals surface area (Å²) in [7, 11) is 0. The number of hydrogen-bond donors (Lipinski definition) is 1. The van der Waals surface area contributed by atoms with Crippen LogP contribution in [0.2, 0.25) is 0 Å². The lowest BCUT2D eigenvalue weighted by atomic mass is 10.1. The molecule has 1 N–H and O–H groups in total. The summed E-state index contributed by atoms with van der Waals surface area (Å²) in [5.74, 6) is 2.07. The maximum atomic E-state index is 12.7. The molecule has 0 radical (unpaired) electrons. The molecule has 32 heavy (non-hydrogen) atoms. The Hall–Kier alpha value is -2.50. The number of benzene rings is 1. The third-order valence-electron chi connectivity index (χ3n) is 5.44. The Balaban J connectivity index is 2.00. The highest BCUT2D eigenvalue weighted by atomic mass is 16.5. The van der Waals surface area contributed by atoms with Gasteiger partial charge in [-0.2, -0.15) is 5.10 Å². The van der Waals surface area contributed by atoms with E-state index in [2.05, 4.69) is 49.7 Å². The maximum Gasteiger partial charge on any atom is 0.220 e. The lowest BCUT2D eigenvalue weighted by Gasteiger charge is -2.18. The lowest BCUT2D eigenvalue weighted by molar-refractivity contribution is -0.121. The van der Waals surface area contributed by atoms with Gasteiger partial charge >= 0.3 is 0 Å². The van der Waals surface area contributed by atoms with Gasteiger partial charge in [-0.3, -0.25) is 9.48 Å². The number of nitrogens with one attached hydrogen (secondary N) is 1. The number of aryl methyl sites for hydroxylation is 1. The van der Waals surface area contributed by atoms with Crippen LogP contribution in [0.3, 0.4) is 0 Å². The van der Waals surface area contributed by atoms with E-state index in [4.69, 9.17) is 9.47 Å². The molecule has 178 valence electrons. The number of amides is 1. The molecule has 0 bridgehead atoms. The van der Waals surface area contributed by atoms with Gasteiger partial charge in [0.25, 0.3) is 0 Å². The fourth-order valence-electron chi connectivity index (χ4n) is 3.71. The Kier molecular flexibility index (Phi) is 10.1. The van der Waals surface area contributed by atoms with Crippen molar-refractivity contribution in [1.29, 1.82) is 0 Å². The van der Waals surface area contributed by atoms with Crippen LogP contribution < -0.4 is 14.8 Å². The van der Waals surface area contributed by atoms with Crippen molar-refractivity contribution < 1.29 is 14.3 Å². The van der Waals surface area contributed by atoms with Crippen LogP contribution in [0.15, 0.2) is 18.2 Å². The predicted octanol–water partition coefficient (Wildman–Crippen LogP) is 5.54. The molecule has 1 heterocycles. The maximum absolute atomic E-state index is 12.7. The largest absolute Gasteiger partial charge is 0.490 e. The quantitative estimate of drug-likeness (QED) is 0.441. The Bertz CT molecular complexity index is 873. The van der Waals surface area contributed by atoms with Crippen molar-refractivity contribution in [2.45, 2.75) is 86.7 Å². The lowest BCUT2D eigenvalue weighted by Crippen LogP contribution is -2.27. The van der Waals surface area contributed by atoms with Crippen LogP contribution >= 0.6 is 0 Å². The van der Waals surface area contributed by atoms with Crippen molar-refractivity contribution >= 4 is 5.91 Å². The van der Waals surface area contributed by atoms with Crippen LogP contribution in [0.25, 0.3) is 0 Å². The molecule has 0 spiro atoms. The van der Waals surface area contributed by atoms with Crippen molar-refractivity contribution in [1.82, 2.24) is 15.1 Å². The molecule has 1 unspecified atom stereocenters.